The van der Waals surface area contributed by atoms with E-state index in [-0.39, 0.29) is 11.4 Å². The Labute approximate surface area is 146 Å². The van der Waals surface area contributed by atoms with Crippen LogP contribution in [0.2, 0.25) is 0 Å². The molecule has 2 N–H and O–H groups in total. The number of benzene rings is 2. The van der Waals surface area contributed by atoms with Crippen LogP contribution in [0.4, 0.5) is 0 Å². The molecule has 2 aromatic carbocycles. The van der Waals surface area contributed by atoms with Crippen molar-refractivity contribution in [2.45, 2.75) is 23.3 Å². The van der Waals surface area contributed by atoms with Crippen molar-refractivity contribution in [2.24, 2.45) is 0 Å². The Morgan fingerprint density at radius 2 is 1.84 bits per heavy atom. The molecule has 0 fully saturated rings. The highest BCUT2D eigenvalue weighted by molar-refractivity contribution is 7.89. The number of aliphatic hydroxyl groups is 1. The van der Waals surface area contributed by atoms with Crippen LogP contribution in [-0.4, -0.2) is 33.3 Å². The topological polar surface area (TPSA) is 84.9 Å². The normalized spacial score (nSPS) is 21.8. The van der Waals surface area contributed by atoms with E-state index in [9.17, 15) is 13.5 Å². The van der Waals surface area contributed by atoms with E-state index in [1.54, 1.807) is 6.07 Å². The van der Waals surface area contributed by atoms with Gasteiger partial charge in [-0.1, -0.05) is 24.3 Å². The van der Waals surface area contributed by atoms with Gasteiger partial charge in [-0.2, -0.15) is 0 Å². The molecule has 0 saturated heterocycles. The van der Waals surface area contributed by atoms with Crippen LogP contribution >= 0.6 is 0 Å². The van der Waals surface area contributed by atoms with Gasteiger partial charge >= 0.3 is 0 Å². The van der Waals surface area contributed by atoms with E-state index in [2.05, 4.69) is 4.72 Å². The molecule has 132 valence electrons. The second-order valence-corrected chi connectivity index (χ2v) is 8.09. The van der Waals surface area contributed by atoms with Crippen LogP contribution in [0.1, 0.15) is 17.5 Å². The van der Waals surface area contributed by atoms with Crippen LogP contribution in [0.15, 0.2) is 47.4 Å². The van der Waals surface area contributed by atoms with Gasteiger partial charge in [-0.15, -0.1) is 0 Å². The number of hydrogen-bond acceptors (Lipinski definition) is 5. The minimum atomic E-state index is -3.77. The van der Waals surface area contributed by atoms with Crippen molar-refractivity contribution >= 4 is 10.0 Å². The number of nitrogens with one attached hydrogen (secondary N) is 1. The zero-order valence-corrected chi connectivity index (χ0v) is 14.4. The molecule has 7 heteroatoms. The molecular formula is C18H19NO5S. The molecule has 2 aromatic rings. The summed E-state index contributed by atoms with van der Waals surface area (Å²) in [4.78, 5) is 0.0895. The van der Waals surface area contributed by atoms with Gasteiger partial charge in [-0.05, 0) is 36.1 Å². The average Bonchev–Trinajstić information content (AvgIpc) is 2.98. The Hall–Kier alpha value is -2.09. The number of ether oxygens (including phenoxy) is 2. The van der Waals surface area contributed by atoms with Crippen LogP contribution in [0.25, 0.3) is 0 Å². The maximum atomic E-state index is 12.6. The SMILES string of the molecule is O=S(=O)(NC[C@@]1(O)CCc2ccccc21)c1ccc2c(c1)OCCO2. The van der Waals surface area contributed by atoms with E-state index in [1.807, 2.05) is 24.3 Å². The highest BCUT2D eigenvalue weighted by Crippen LogP contribution is 2.37. The summed E-state index contributed by atoms with van der Waals surface area (Å²) < 4.78 is 38.6. The Morgan fingerprint density at radius 1 is 1.08 bits per heavy atom. The summed E-state index contributed by atoms with van der Waals surface area (Å²) in [6, 6.07) is 12.1. The molecule has 0 amide bonds. The molecule has 0 saturated carbocycles. The third kappa shape index (κ3) is 2.99. The van der Waals surface area contributed by atoms with Gasteiger partial charge in [0.15, 0.2) is 11.5 Å². The van der Waals surface area contributed by atoms with Gasteiger partial charge in [0.05, 0.1) is 4.90 Å². The van der Waals surface area contributed by atoms with Crippen molar-refractivity contribution in [3.63, 3.8) is 0 Å². The molecule has 4 rings (SSSR count). The van der Waals surface area contributed by atoms with Gasteiger partial charge in [-0.25, -0.2) is 13.1 Å². The molecule has 1 aliphatic carbocycles. The first-order chi connectivity index (χ1) is 12.0. The predicted molar refractivity (Wildman–Crippen MR) is 91.3 cm³/mol. The average molecular weight is 361 g/mol. The standard InChI is InChI=1S/C18H19NO5S/c20-18(8-7-13-3-1-2-4-15(13)18)12-19-25(21,22)14-5-6-16-17(11-14)24-10-9-23-16/h1-6,11,19-20H,7-10,12H2/t18-/m0/s1. The predicted octanol–water partition coefficient (Wildman–Crippen LogP) is 1.57. The van der Waals surface area contributed by atoms with Crippen molar-refractivity contribution in [1.82, 2.24) is 4.72 Å². The van der Waals surface area contributed by atoms with Crippen molar-refractivity contribution in [3.8, 4) is 11.5 Å². The number of aryl methyl sites for hydroxylation is 1. The van der Waals surface area contributed by atoms with Crippen molar-refractivity contribution in [1.29, 1.82) is 0 Å². The lowest BCUT2D eigenvalue weighted by atomic mass is 9.96. The molecule has 1 aliphatic heterocycles. The monoisotopic (exact) mass is 361 g/mol. The maximum Gasteiger partial charge on any atom is 0.240 e. The van der Waals surface area contributed by atoms with Crippen LogP contribution in [0.3, 0.4) is 0 Å². The first kappa shape index (κ1) is 16.4. The molecule has 0 bridgehead atoms. The molecular weight excluding hydrogens is 342 g/mol. The Bertz CT molecular complexity index is 911. The van der Waals surface area contributed by atoms with Gasteiger partial charge in [-0.3, -0.25) is 0 Å². The molecule has 2 aliphatic rings. The molecule has 6 nitrogen and oxygen atoms in total. The molecule has 25 heavy (non-hydrogen) atoms. The molecule has 1 heterocycles. The third-order valence-electron chi connectivity index (χ3n) is 4.71. The molecule has 0 aromatic heterocycles. The van der Waals surface area contributed by atoms with Gasteiger partial charge in [0.25, 0.3) is 0 Å². The number of fused-ring (bicyclic) bond motifs is 2. The Kier molecular flexibility index (Phi) is 3.94. The van der Waals surface area contributed by atoms with E-state index in [1.165, 1.54) is 12.1 Å². The van der Waals surface area contributed by atoms with Gasteiger partial charge < -0.3 is 14.6 Å². The molecule has 0 radical (unpaired) electrons. The van der Waals surface area contributed by atoms with Crippen LogP contribution in [-0.2, 0) is 22.0 Å². The minimum absolute atomic E-state index is 0.0687. The first-order valence-electron chi connectivity index (χ1n) is 8.18. The van der Waals surface area contributed by atoms with Crippen LogP contribution < -0.4 is 14.2 Å². The highest BCUT2D eigenvalue weighted by Gasteiger charge is 2.37. The summed E-state index contributed by atoms with van der Waals surface area (Å²) in [5.41, 5.74) is 0.667. The second kappa shape index (κ2) is 6.01. The zero-order valence-electron chi connectivity index (χ0n) is 13.6. The van der Waals surface area contributed by atoms with Gasteiger partial charge in [0.2, 0.25) is 10.0 Å². The number of sulfonamides is 1. The first-order valence-corrected chi connectivity index (χ1v) is 9.66. The minimum Gasteiger partial charge on any atom is -0.486 e. The highest BCUT2D eigenvalue weighted by atomic mass is 32.2. The zero-order chi connectivity index (χ0) is 17.5. The van der Waals surface area contributed by atoms with E-state index in [0.29, 0.717) is 31.1 Å². The summed E-state index contributed by atoms with van der Waals surface area (Å²) in [5, 5.41) is 10.9. The van der Waals surface area contributed by atoms with E-state index in [0.717, 1.165) is 17.5 Å². The smallest absolute Gasteiger partial charge is 0.240 e. The summed E-state index contributed by atoms with van der Waals surface area (Å²) in [6.45, 7) is 0.769. The largest absolute Gasteiger partial charge is 0.486 e. The summed E-state index contributed by atoms with van der Waals surface area (Å²) >= 11 is 0. The van der Waals surface area contributed by atoms with Crippen LogP contribution in [0.5, 0.6) is 11.5 Å². The van der Waals surface area contributed by atoms with Gasteiger partial charge in [0, 0.05) is 12.6 Å². The van der Waals surface area contributed by atoms with Gasteiger partial charge in [0.1, 0.15) is 18.8 Å². The fourth-order valence-electron chi connectivity index (χ4n) is 3.34. The quantitative estimate of drug-likeness (QED) is 0.864. The summed E-state index contributed by atoms with van der Waals surface area (Å²) in [5.74, 6) is 0.951. The summed E-state index contributed by atoms with van der Waals surface area (Å²) in [7, 11) is -3.77. The lowest BCUT2D eigenvalue weighted by molar-refractivity contribution is 0.0442. The fourth-order valence-corrected chi connectivity index (χ4v) is 4.45. The van der Waals surface area contributed by atoms with Crippen molar-refractivity contribution < 1.29 is 23.0 Å². The lowest BCUT2D eigenvalue weighted by Crippen LogP contribution is -2.39. The Balaban J connectivity index is 1.55. The third-order valence-corrected chi connectivity index (χ3v) is 6.10. The molecule has 0 unspecified atom stereocenters. The number of hydrogen-bond donors (Lipinski definition) is 2. The van der Waals surface area contributed by atoms with E-state index < -0.39 is 15.6 Å². The van der Waals surface area contributed by atoms with Crippen molar-refractivity contribution in [2.75, 3.05) is 19.8 Å². The lowest BCUT2D eigenvalue weighted by Gasteiger charge is -2.24. The van der Waals surface area contributed by atoms with Crippen molar-refractivity contribution in [3.05, 3.63) is 53.6 Å². The number of rotatable bonds is 4. The summed E-state index contributed by atoms with van der Waals surface area (Å²) in [6.07, 6.45) is 1.23. The second-order valence-electron chi connectivity index (χ2n) is 6.32. The van der Waals surface area contributed by atoms with E-state index in [4.69, 9.17) is 9.47 Å². The maximum absolute atomic E-state index is 12.6. The van der Waals surface area contributed by atoms with E-state index >= 15 is 0 Å². The fraction of sp³-hybridized carbons (Fsp3) is 0.333. The molecule has 0 spiro atoms. The van der Waals surface area contributed by atoms with Crippen LogP contribution in [0, 0.1) is 0 Å². The Morgan fingerprint density at radius 3 is 2.68 bits per heavy atom. The molecule has 1 atom stereocenters.